The highest BCUT2D eigenvalue weighted by Crippen LogP contribution is 2.25. The summed E-state index contributed by atoms with van der Waals surface area (Å²) >= 11 is 0. The van der Waals surface area contributed by atoms with Gasteiger partial charge in [0.15, 0.2) is 0 Å². The van der Waals surface area contributed by atoms with E-state index in [0.717, 1.165) is 11.3 Å². The fourth-order valence-electron chi connectivity index (χ4n) is 2.61. The Labute approximate surface area is 145 Å². The lowest BCUT2D eigenvalue weighted by Gasteiger charge is -2.07. The number of rotatable bonds is 5. The third-order valence-electron chi connectivity index (χ3n) is 3.83. The van der Waals surface area contributed by atoms with Crippen LogP contribution >= 0.6 is 0 Å². The Morgan fingerprint density at radius 3 is 2.76 bits per heavy atom. The molecule has 0 aliphatic rings. The molecule has 2 aromatic heterocycles. The van der Waals surface area contributed by atoms with Gasteiger partial charge in [0.05, 0.1) is 7.11 Å². The number of methoxy groups -OCH3 is 1. The number of nitriles is 1. The number of nitrogens with one attached hydrogen (secondary N) is 1. The highest BCUT2D eigenvalue weighted by molar-refractivity contribution is 5.98. The number of aryl methyl sites for hydroxylation is 1. The van der Waals surface area contributed by atoms with Crippen LogP contribution in [0.2, 0.25) is 0 Å². The first kappa shape index (κ1) is 16.4. The van der Waals surface area contributed by atoms with Crippen LogP contribution in [-0.2, 0) is 6.54 Å². The van der Waals surface area contributed by atoms with E-state index < -0.39 is 0 Å². The summed E-state index contributed by atoms with van der Waals surface area (Å²) in [6.07, 6.45) is 3.52. The maximum absolute atomic E-state index is 12.6. The third-order valence-corrected chi connectivity index (χ3v) is 3.83. The van der Waals surface area contributed by atoms with Gasteiger partial charge in [-0.05, 0) is 36.8 Å². The van der Waals surface area contributed by atoms with Crippen molar-refractivity contribution in [3.05, 3.63) is 71.2 Å². The second-order valence-electron chi connectivity index (χ2n) is 5.45. The van der Waals surface area contributed by atoms with Crippen LogP contribution in [0.3, 0.4) is 0 Å². The molecule has 0 spiro atoms. The van der Waals surface area contributed by atoms with Crippen molar-refractivity contribution in [1.82, 2.24) is 9.88 Å². The van der Waals surface area contributed by atoms with E-state index in [4.69, 9.17) is 9.15 Å². The Bertz CT molecular complexity index is 933. The molecule has 3 aromatic rings. The molecule has 1 aromatic carbocycles. The summed E-state index contributed by atoms with van der Waals surface area (Å²) in [6, 6.07) is 13.1. The van der Waals surface area contributed by atoms with Crippen LogP contribution in [0.15, 0.2) is 53.2 Å². The molecule has 1 amide bonds. The first-order chi connectivity index (χ1) is 12.1. The maximum Gasteiger partial charge on any atom is 0.256 e. The molecule has 0 saturated heterocycles. The van der Waals surface area contributed by atoms with Crippen molar-refractivity contribution in [2.24, 2.45) is 0 Å². The summed E-state index contributed by atoms with van der Waals surface area (Å²) in [5.74, 6) is 1.12. The Morgan fingerprint density at radius 1 is 1.32 bits per heavy atom. The van der Waals surface area contributed by atoms with Crippen LogP contribution in [-0.4, -0.2) is 17.6 Å². The average Bonchev–Trinajstić information content (AvgIpc) is 3.27. The van der Waals surface area contributed by atoms with Gasteiger partial charge in [-0.2, -0.15) is 5.26 Å². The number of furan rings is 1. The van der Waals surface area contributed by atoms with Crippen molar-refractivity contribution < 1.29 is 13.9 Å². The Balaban J connectivity index is 1.84. The number of hydrogen-bond donors (Lipinski definition) is 1. The molecule has 2 heterocycles. The van der Waals surface area contributed by atoms with E-state index in [1.54, 1.807) is 31.0 Å². The van der Waals surface area contributed by atoms with Gasteiger partial charge in [0, 0.05) is 18.9 Å². The molecule has 1 N–H and O–H groups in total. The molecule has 0 aliphatic heterocycles. The Morgan fingerprint density at radius 2 is 2.08 bits per heavy atom. The van der Waals surface area contributed by atoms with Gasteiger partial charge in [0.25, 0.3) is 5.91 Å². The van der Waals surface area contributed by atoms with Crippen LogP contribution in [0, 0.1) is 18.3 Å². The SMILES string of the molecule is COc1cccc(CNC(=O)c2c(C)oc(-n3cccc3)c2C#N)c1. The fourth-order valence-corrected chi connectivity index (χ4v) is 2.61. The monoisotopic (exact) mass is 335 g/mol. The molecule has 25 heavy (non-hydrogen) atoms. The number of hydrogen-bond acceptors (Lipinski definition) is 4. The lowest BCUT2D eigenvalue weighted by Crippen LogP contribution is -2.24. The van der Waals surface area contributed by atoms with Gasteiger partial charge in [0.1, 0.15) is 28.7 Å². The number of benzene rings is 1. The lowest BCUT2D eigenvalue weighted by atomic mass is 10.1. The molecule has 126 valence electrons. The molecular formula is C19H17N3O3. The van der Waals surface area contributed by atoms with E-state index in [2.05, 4.69) is 11.4 Å². The summed E-state index contributed by atoms with van der Waals surface area (Å²) in [4.78, 5) is 12.6. The van der Waals surface area contributed by atoms with Gasteiger partial charge in [-0.15, -0.1) is 0 Å². The van der Waals surface area contributed by atoms with Gasteiger partial charge >= 0.3 is 0 Å². The number of amides is 1. The molecule has 0 bridgehead atoms. The van der Waals surface area contributed by atoms with Crippen molar-refractivity contribution in [2.75, 3.05) is 7.11 Å². The van der Waals surface area contributed by atoms with Gasteiger partial charge in [-0.3, -0.25) is 9.36 Å². The number of carbonyl (C=O) groups excluding carboxylic acids is 1. The minimum atomic E-state index is -0.348. The standard InChI is InChI=1S/C19H17N3O3/c1-13-17(16(11-20)19(25-13)22-8-3-4-9-22)18(23)21-12-14-6-5-7-15(10-14)24-2/h3-10H,12H2,1-2H3,(H,21,23). The molecular weight excluding hydrogens is 318 g/mol. The van der Waals surface area contributed by atoms with Gasteiger partial charge in [-0.25, -0.2) is 0 Å². The normalized spacial score (nSPS) is 10.3. The van der Waals surface area contributed by atoms with E-state index in [1.165, 1.54) is 0 Å². The van der Waals surface area contributed by atoms with Crippen LogP contribution in [0.1, 0.15) is 27.2 Å². The van der Waals surface area contributed by atoms with Crippen LogP contribution < -0.4 is 10.1 Å². The molecule has 0 radical (unpaired) electrons. The molecule has 6 heteroatoms. The van der Waals surface area contributed by atoms with Gasteiger partial charge in [-0.1, -0.05) is 12.1 Å². The van der Waals surface area contributed by atoms with Crippen LogP contribution in [0.25, 0.3) is 5.88 Å². The minimum Gasteiger partial charge on any atom is -0.497 e. The number of ether oxygens (including phenoxy) is 1. The quantitative estimate of drug-likeness (QED) is 0.776. The summed E-state index contributed by atoms with van der Waals surface area (Å²) < 4.78 is 12.5. The second-order valence-corrected chi connectivity index (χ2v) is 5.45. The van der Waals surface area contributed by atoms with E-state index in [0.29, 0.717) is 18.2 Å². The zero-order valence-corrected chi connectivity index (χ0v) is 13.9. The van der Waals surface area contributed by atoms with Gasteiger partial charge in [0.2, 0.25) is 5.88 Å². The molecule has 0 fully saturated rings. The first-order valence-electron chi connectivity index (χ1n) is 7.72. The molecule has 0 saturated carbocycles. The van der Waals surface area contributed by atoms with E-state index in [9.17, 15) is 10.1 Å². The fraction of sp³-hybridized carbons (Fsp3) is 0.158. The van der Waals surface area contributed by atoms with Crippen molar-refractivity contribution >= 4 is 5.91 Å². The molecule has 0 atom stereocenters. The summed E-state index contributed by atoms with van der Waals surface area (Å²) in [5.41, 5.74) is 1.38. The largest absolute Gasteiger partial charge is 0.497 e. The molecule has 6 nitrogen and oxygen atoms in total. The number of nitrogens with zero attached hydrogens (tertiary/aromatic N) is 2. The first-order valence-corrected chi connectivity index (χ1v) is 7.72. The predicted octanol–water partition coefficient (Wildman–Crippen LogP) is 3.19. The summed E-state index contributed by atoms with van der Waals surface area (Å²) in [7, 11) is 1.59. The molecule has 0 unspecified atom stereocenters. The predicted molar refractivity (Wildman–Crippen MR) is 91.7 cm³/mol. The smallest absolute Gasteiger partial charge is 0.256 e. The van der Waals surface area contributed by atoms with Crippen LogP contribution in [0.5, 0.6) is 5.75 Å². The van der Waals surface area contributed by atoms with Crippen molar-refractivity contribution in [1.29, 1.82) is 5.26 Å². The summed E-state index contributed by atoms with van der Waals surface area (Å²) in [5, 5.41) is 12.3. The van der Waals surface area contributed by atoms with E-state index in [-0.39, 0.29) is 17.0 Å². The van der Waals surface area contributed by atoms with E-state index in [1.807, 2.05) is 36.4 Å². The number of aromatic nitrogens is 1. The van der Waals surface area contributed by atoms with Crippen LogP contribution in [0.4, 0.5) is 0 Å². The average molecular weight is 335 g/mol. The highest BCUT2D eigenvalue weighted by Gasteiger charge is 2.24. The lowest BCUT2D eigenvalue weighted by molar-refractivity contribution is 0.0949. The van der Waals surface area contributed by atoms with Crippen molar-refractivity contribution in [3.63, 3.8) is 0 Å². The number of carbonyl (C=O) groups is 1. The Hall–Kier alpha value is -3.46. The molecule has 0 aliphatic carbocycles. The maximum atomic E-state index is 12.6. The second kappa shape index (κ2) is 6.97. The van der Waals surface area contributed by atoms with Gasteiger partial charge < -0.3 is 14.5 Å². The molecule has 3 rings (SSSR count). The van der Waals surface area contributed by atoms with Crippen molar-refractivity contribution in [3.8, 4) is 17.7 Å². The zero-order valence-electron chi connectivity index (χ0n) is 13.9. The topological polar surface area (TPSA) is 80.2 Å². The van der Waals surface area contributed by atoms with E-state index >= 15 is 0 Å². The highest BCUT2D eigenvalue weighted by atomic mass is 16.5. The van der Waals surface area contributed by atoms with Crippen molar-refractivity contribution in [2.45, 2.75) is 13.5 Å². The third kappa shape index (κ3) is 3.26. The zero-order chi connectivity index (χ0) is 17.8. The minimum absolute atomic E-state index is 0.219. The summed E-state index contributed by atoms with van der Waals surface area (Å²) in [6.45, 7) is 2.00. The Kier molecular flexibility index (Phi) is 4.57.